The quantitative estimate of drug-likeness (QED) is 0.506. The molecule has 13 heavy (non-hydrogen) atoms. The monoisotopic (exact) mass is 184 g/mol. The average Bonchev–Trinajstić information content (AvgIpc) is 2.06. The van der Waals surface area contributed by atoms with E-state index in [0.717, 1.165) is 25.8 Å². The van der Waals surface area contributed by atoms with Crippen LogP contribution in [0.25, 0.3) is 0 Å². The fourth-order valence-corrected chi connectivity index (χ4v) is 1.39. The summed E-state index contributed by atoms with van der Waals surface area (Å²) in [6, 6.07) is 0. The van der Waals surface area contributed by atoms with Gasteiger partial charge >= 0.3 is 0 Å². The van der Waals surface area contributed by atoms with E-state index in [1.54, 1.807) is 0 Å². The molecule has 1 aliphatic rings. The highest BCUT2D eigenvalue weighted by molar-refractivity contribution is 5.86. The van der Waals surface area contributed by atoms with Gasteiger partial charge in [-0.05, 0) is 13.0 Å². The number of nitrogens with one attached hydrogen (secondary N) is 1. The molecule has 1 fully saturated rings. The number of aliphatic imine (C=N–C) groups is 1. The standard InChI is InChI=1S/C7H14N4.C2H6/c1-11-3-6(4-11)2-7(9)10-5-8;1-2/h5-6H,2-4H2,1H3,(H3,8,9,10);1-2H3. The van der Waals surface area contributed by atoms with Crippen LogP contribution in [0.1, 0.15) is 20.3 Å². The Morgan fingerprint density at radius 2 is 2.15 bits per heavy atom. The van der Waals surface area contributed by atoms with Gasteiger partial charge in [0.25, 0.3) is 0 Å². The van der Waals surface area contributed by atoms with Gasteiger partial charge in [-0.1, -0.05) is 13.8 Å². The summed E-state index contributed by atoms with van der Waals surface area (Å²) in [6.07, 6.45) is 1.83. The van der Waals surface area contributed by atoms with Crippen molar-refractivity contribution in [3.8, 4) is 0 Å². The van der Waals surface area contributed by atoms with Gasteiger partial charge in [-0.3, -0.25) is 5.41 Å². The maximum absolute atomic E-state index is 6.69. The molecule has 0 aliphatic carbocycles. The van der Waals surface area contributed by atoms with Crippen molar-refractivity contribution in [2.24, 2.45) is 16.6 Å². The van der Waals surface area contributed by atoms with Gasteiger partial charge in [0.1, 0.15) is 12.2 Å². The predicted octanol–water partition coefficient (Wildman–Crippen LogP) is 0.929. The molecule has 1 saturated heterocycles. The minimum absolute atomic E-state index is 0.582. The van der Waals surface area contributed by atoms with Crippen molar-refractivity contribution in [3.05, 3.63) is 0 Å². The molecule has 0 bridgehead atoms. The summed E-state index contributed by atoms with van der Waals surface area (Å²) in [6.45, 7) is 6.21. The third kappa shape index (κ3) is 4.62. The topological polar surface area (TPSA) is 65.5 Å². The molecule has 0 radical (unpaired) electrons. The van der Waals surface area contributed by atoms with E-state index in [4.69, 9.17) is 11.1 Å². The first-order chi connectivity index (χ1) is 6.22. The van der Waals surface area contributed by atoms with E-state index in [9.17, 15) is 0 Å². The smallest absolute Gasteiger partial charge is 0.109 e. The van der Waals surface area contributed by atoms with Gasteiger partial charge in [0.15, 0.2) is 0 Å². The Morgan fingerprint density at radius 1 is 1.62 bits per heavy atom. The molecule has 1 rings (SSSR count). The minimum atomic E-state index is 0.582. The molecule has 4 nitrogen and oxygen atoms in total. The number of likely N-dealkylation sites (tertiary alicyclic amines) is 1. The van der Waals surface area contributed by atoms with Crippen LogP contribution >= 0.6 is 0 Å². The van der Waals surface area contributed by atoms with E-state index >= 15 is 0 Å². The van der Waals surface area contributed by atoms with Gasteiger partial charge in [0, 0.05) is 19.5 Å². The molecule has 0 unspecified atom stereocenters. The van der Waals surface area contributed by atoms with Gasteiger partial charge in [-0.2, -0.15) is 0 Å². The lowest BCUT2D eigenvalue weighted by atomic mass is 9.97. The van der Waals surface area contributed by atoms with Gasteiger partial charge in [-0.15, -0.1) is 0 Å². The Balaban J connectivity index is 0.000000671. The van der Waals surface area contributed by atoms with Crippen molar-refractivity contribution in [1.82, 2.24) is 4.90 Å². The van der Waals surface area contributed by atoms with Crippen LogP contribution in [0.2, 0.25) is 0 Å². The van der Waals surface area contributed by atoms with Crippen molar-refractivity contribution in [2.45, 2.75) is 20.3 Å². The summed E-state index contributed by atoms with van der Waals surface area (Å²) in [4.78, 5) is 5.93. The molecule has 76 valence electrons. The molecule has 0 aromatic rings. The van der Waals surface area contributed by atoms with Crippen LogP contribution in [0.3, 0.4) is 0 Å². The van der Waals surface area contributed by atoms with Crippen LogP contribution in [-0.4, -0.2) is 37.2 Å². The molecular formula is C9H20N4. The number of hydrogen-bond acceptors (Lipinski definition) is 2. The maximum Gasteiger partial charge on any atom is 0.109 e. The Kier molecular flexibility index (Phi) is 6.14. The third-order valence-corrected chi connectivity index (χ3v) is 1.87. The number of amidine groups is 1. The Labute approximate surface area is 80.3 Å². The molecule has 0 amide bonds. The largest absolute Gasteiger partial charge is 0.387 e. The zero-order chi connectivity index (χ0) is 10.3. The van der Waals surface area contributed by atoms with Crippen molar-refractivity contribution >= 4 is 12.2 Å². The molecule has 4 heteroatoms. The highest BCUT2D eigenvalue weighted by atomic mass is 15.2. The second kappa shape index (κ2) is 6.60. The maximum atomic E-state index is 6.69. The number of rotatable bonds is 3. The minimum Gasteiger partial charge on any atom is -0.387 e. The second-order valence-electron chi connectivity index (χ2n) is 3.04. The predicted molar refractivity (Wildman–Crippen MR) is 57.4 cm³/mol. The number of nitrogens with zero attached hydrogens (tertiary/aromatic N) is 2. The van der Waals surface area contributed by atoms with Crippen LogP contribution in [0.5, 0.6) is 0 Å². The van der Waals surface area contributed by atoms with E-state index in [2.05, 4.69) is 16.9 Å². The van der Waals surface area contributed by atoms with E-state index in [1.807, 2.05) is 13.8 Å². The first kappa shape index (κ1) is 12.1. The summed E-state index contributed by atoms with van der Waals surface area (Å²) < 4.78 is 0. The van der Waals surface area contributed by atoms with Gasteiger partial charge in [-0.25, -0.2) is 4.99 Å². The zero-order valence-corrected chi connectivity index (χ0v) is 8.75. The first-order valence-corrected chi connectivity index (χ1v) is 4.72. The van der Waals surface area contributed by atoms with Gasteiger partial charge in [0.2, 0.25) is 0 Å². The zero-order valence-electron chi connectivity index (χ0n) is 8.75. The normalized spacial score (nSPS) is 18.5. The molecule has 1 aliphatic heterocycles. The molecule has 0 atom stereocenters. The van der Waals surface area contributed by atoms with Crippen LogP contribution in [0, 0.1) is 11.3 Å². The fraction of sp³-hybridized carbons (Fsp3) is 0.778. The summed E-state index contributed by atoms with van der Waals surface area (Å²) in [5.41, 5.74) is 5.52. The van der Waals surface area contributed by atoms with Crippen molar-refractivity contribution in [2.75, 3.05) is 20.1 Å². The van der Waals surface area contributed by atoms with E-state index in [0.29, 0.717) is 11.8 Å². The molecular weight excluding hydrogens is 164 g/mol. The SMILES string of the molecule is CC.CN1CC(CC(N)=NC=N)C1. The summed E-state index contributed by atoms with van der Waals surface area (Å²) in [7, 11) is 2.08. The summed E-state index contributed by atoms with van der Waals surface area (Å²) >= 11 is 0. The molecule has 0 aromatic carbocycles. The third-order valence-electron chi connectivity index (χ3n) is 1.87. The van der Waals surface area contributed by atoms with Crippen molar-refractivity contribution in [1.29, 1.82) is 5.41 Å². The molecule has 3 N–H and O–H groups in total. The molecule has 0 spiro atoms. The summed E-state index contributed by atoms with van der Waals surface area (Å²) in [5.74, 6) is 1.24. The van der Waals surface area contributed by atoms with E-state index in [1.165, 1.54) is 0 Å². The molecule has 0 saturated carbocycles. The van der Waals surface area contributed by atoms with Crippen LogP contribution in [0.4, 0.5) is 0 Å². The van der Waals surface area contributed by atoms with Crippen LogP contribution in [0.15, 0.2) is 4.99 Å². The van der Waals surface area contributed by atoms with E-state index < -0.39 is 0 Å². The lowest BCUT2D eigenvalue weighted by molar-refractivity contribution is 0.140. The highest BCUT2D eigenvalue weighted by Crippen LogP contribution is 2.15. The lowest BCUT2D eigenvalue weighted by Gasteiger charge is -2.35. The van der Waals surface area contributed by atoms with Gasteiger partial charge in [0.05, 0.1) is 0 Å². The molecule has 0 aromatic heterocycles. The van der Waals surface area contributed by atoms with Crippen LogP contribution < -0.4 is 5.73 Å². The van der Waals surface area contributed by atoms with Crippen molar-refractivity contribution < 1.29 is 0 Å². The van der Waals surface area contributed by atoms with Gasteiger partial charge < -0.3 is 10.6 Å². The van der Waals surface area contributed by atoms with Crippen molar-refractivity contribution in [3.63, 3.8) is 0 Å². The Morgan fingerprint density at radius 3 is 2.54 bits per heavy atom. The number of hydrogen-bond donors (Lipinski definition) is 2. The Bertz CT molecular complexity index is 170. The average molecular weight is 184 g/mol. The molecule has 1 heterocycles. The fourth-order valence-electron chi connectivity index (χ4n) is 1.39. The van der Waals surface area contributed by atoms with E-state index in [-0.39, 0.29) is 0 Å². The number of nitrogens with two attached hydrogens (primary N) is 1. The lowest BCUT2D eigenvalue weighted by Crippen LogP contribution is -2.45. The second-order valence-corrected chi connectivity index (χ2v) is 3.04. The highest BCUT2D eigenvalue weighted by Gasteiger charge is 2.23. The Hall–Kier alpha value is -0.900. The van der Waals surface area contributed by atoms with Crippen LogP contribution in [-0.2, 0) is 0 Å². The summed E-state index contributed by atoms with van der Waals surface area (Å²) in [5, 5.41) is 6.69. The first-order valence-electron chi connectivity index (χ1n) is 4.72.